The number of likely N-dealkylation sites (N-methyl/N-ethyl adjacent to an activating group) is 1. The Hall–Kier alpha value is -1.22. The van der Waals surface area contributed by atoms with E-state index in [1.54, 1.807) is 12.4 Å². The van der Waals surface area contributed by atoms with Crippen molar-refractivity contribution in [2.24, 2.45) is 5.92 Å². The van der Waals surface area contributed by atoms with Gasteiger partial charge in [0.05, 0.1) is 5.54 Å². The van der Waals surface area contributed by atoms with Crippen molar-refractivity contribution in [1.29, 1.82) is 0 Å². The van der Waals surface area contributed by atoms with Gasteiger partial charge in [-0.2, -0.15) is 0 Å². The first-order chi connectivity index (χ1) is 8.56. The van der Waals surface area contributed by atoms with E-state index in [9.17, 15) is 4.79 Å². The van der Waals surface area contributed by atoms with Crippen LogP contribution in [0, 0.1) is 5.92 Å². The molecule has 3 nitrogen and oxygen atoms in total. The van der Waals surface area contributed by atoms with Crippen LogP contribution in [0.25, 0.3) is 0 Å². The van der Waals surface area contributed by atoms with Gasteiger partial charge in [0.15, 0.2) is 5.78 Å². The van der Waals surface area contributed by atoms with Crippen LogP contribution in [0.3, 0.4) is 0 Å². The van der Waals surface area contributed by atoms with Crippen LogP contribution in [-0.2, 0) is 0 Å². The van der Waals surface area contributed by atoms with Crippen molar-refractivity contribution in [3.8, 4) is 0 Å². The summed E-state index contributed by atoms with van der Waals surface area (Å²) in [6, 6.07) is 3.71. The Bertz CT molecular complexity index is 416. The van der Waals surface area contributed by atoms with E-state index in [-0.39, 0.29) is 11.3 Å². The molecule has 0 aliphatic heterocycles. The smallest absolute Gasteiger partial charge is 0.184 e. The van der Waals surface area contributed by atoms with Gasteiger partial charge in [-0.05, 0) is 45.0 Å². The number of aromatic nitrogens is 1. The maximum atomic E-state index is 12.8. The van der Waals surface area contributed by atoms with E-state index in [0.29, 0.717) is 5.92 Å². The van der Waals surface area contributed by atoms with Crippen molar-refractivity contribution in [2.45, 2.75) is 38.1 Å². The summed E-state index contributed by atoms with van der Waals surface area (Å²) in [6.45, 7) is 2.24. The average Bonchev–Trinajstić information content (AvgIpc) is 2.38. The number of carbonyl (C=O) groups is 1. The summed E-state index contributed by atoms with van der Waals surface area (Å²) in [7, 11) is 4.04. The molecule has 1 aliphatic carbocycles. The second kappa shape index (κ2) is 5.19. The SMILES string of the molecule is CC1CCCC(C(=O)c2cccnc2)(N(C)C)C1. The first-order valence-electron chi connectivity index (χ1n) is 6.68. The molecule has 1 fully saturated rings. The molecule has 0 radical (unpaired) electrons. The highest BCUT2D eigenvalue weighted by Crippen LogP contribution is 2.37. The van der Waals surface area contributed by atoms with Crippen LogP contribution in [0.1, 0.15) is 43.0 Å². The zero-order valence-electron chi connectivity index (χ0n) is 11.5. The van der Waals surface area contributed by atoms with Crippen molar-refractivity contribution in [3.63, 3.8) is 0 Å². The summed E-state index contributed by atoms with van der Waals surface area (Å²) in [5, 5.41) is 0. The third kappa shape index (κ3) is 2.32. The molecule has 1 aliphatic rings. The molecule has 0 amide bonds. The van der Waals surface area contributed by atoms with Gasteiger partial charge in [0.1, 0.15) is 0 Å². The van der Waals surface area contributed by atoms with Crippen LogP contribution >= 0.6 is 0 Å². The van der Waals surface area contributed by atoms with Crippen molar-refractivity contribution in [3.05, 3.63) is 30.1 Å². The quantitative estimate of drug-likeness (QED) is 0.769. The molecule has 2 unspecified atom stereocenters. The summed E-state index contributed by atoms with van der Waals surface area (Å²) in [5.41, 5.74) is 0.404. The van der Waals surface area contributed by atoms with Crippen molar-refractivity contribution in [2.75, 3.05) is 14.1 Å². The molecule has 0 N–H and O–H groups in total. The van der Waals surface area contributed by atoms with Crippen LogP contribution in [0.15, 0.2) is 24.5 Å². The highest BCUT2D eigenvalue weighted by Gasteiger charge is 2.43. The minimum atomic E-state index is -0.333. The normalized spacial score (nSPS) is 28.3. The van der Waals surface area contributed by atoms with E-state index in [2.05, 4.69) is 16.8 Å². The zero-order chi connectivity index (χ0) is 13.2. The Balaban J connectivity index is 2.33. The Morgan fingerprint density at radius 1 is 1.50 bits per heavy atom. The maximum Gasteiger partial charge on any atom is 0.184 e. The van der Waals surface area contributed by atoms with E-state index >= 15 is 0 Å². The van der Waals surface area contributed by atoms with E-state index < -0.39 is 0 Å². The number of pyridine rings is 1. The standard InChI is InChI=1S/C15H22N2O/c1-12-6-4-8-15(10-12,17(2)3)14(18)13-7-5-9-16-11-13/h5,7,9,11-12H,4,6,8,10H2,1-3H3. The lowest BCUT2D eigenvalue weighted by molar-refractivity contribution is 0.0486. The van der Waals surface area contributed by atoms with Gasteiger partial charge in [0.2, 0.25) is 0 Å². The van der Waals surface area contributed by atoms with Crippen LogP contribution in [0.2, 0.25) is 0 Å². The molecule has 3 heteroatoms. The molecule has 1 saturated carbocycles. The number of hydrogen-bond donors (Lipinski definition) is 0. The number of carbonyl (C=O) groups excluding carboxylic acids is 1. The summed E-state index contributed by atoms with van der Waals surface area (Å²) >= 11 is 0. The van der Waals surface area contributed by atoms with Crippen LogP contribution in [-0.4, -0.2) is 35.3 Å². The maximum absolute atomic E-state index is 12.8. The van der Waals surface area contributed by atoms with Gasteiger partial charge < -0.3 is 0 Å². The number of hydrogen-bond acceptors (Lipinski definition) is 3. The predicted octanol–water partition coefficient (Wildman–Crippen LogP) is 2.77. The Labute approximate surface area is 109 Å². The van der Waals surface area contributed by atoms with Crippen LogP contribution < -0.4 is 0 Å². The largest absolute Gasteiger partial charge is 0.297 e. The number of ketones is 1. The lowest BCUT2D eigenvalue weighted by Gasteiger charge is -2.43. The molecule has 2 rings (SSSR count). The first-order valence-corrected chi connectivity index (χ1v) is 6.68. The number of Topliss-reactive ketones (excluding diaryl/α,β-unsaturated/α-hetero) is 1. The van der Waals surface area contributed by atoms with Crippen molar-refractivity contribution >= 4 is 5.78 Å². The molecule has 2 atom stereocenters. The Kier molecular flexibility index (Phi) is 3.81. The van der Waals surface area contributed by atoms with Gasteiger partial charge >= 0.3 is 0 Å². The second-order valence-corrected chi connectivity index (χ2v) is 5.70. The molecular formula is C15H22N2O. The monoisotopic (exact) mass is 246 g/mol. The number of nitrogens with zero attached hydrogens (tertiary/aromatic N) is 2. The van der Waals surface area contributed by atoms with Gasteiger partial charge in [-0.25, -0.2) is 0 Å². The minimum absolute atomic E-state index is 0.229. The predicted molar refractivity (Wildman–Crippen MR) is 72.6 cm³/mol. The number of rotatable bonds is 3. The van der Waals surface area contributed by atoms with Crippen LogP contribution in [0.5, 0.6) is 0 Å². The third-order valence-electron chi connectivity index (χ3n) is 4.18. The molecule has 0 saturated heterocycles. The van der Waals surface area contributed by atoms with E-state index in [1.165, 1.54) is 6.42 Å². The molecule has 1 aromatic heterocycles. The molecule has 98 valence electrons. The zero-order valence-corrected chi connectivity index (χ0v) is 11.5. The molecule has 0 spiro atoms. The van der Waals surface area contributed by atoms with Gasteiger partial charge in [-0.3, -0.25) is 14.7 Å². The Morgan fingerprint density at radius 3 is 2.83 bits per heavy atom. The molecular weight excluding hydrogens is 224 g/mol. The third-order valence-corrected chi connectivity index (χ3v) is 4.18. The highest BCUT2D eigenvalue weighted by molar-refractivity contribution is 6.03. The first kappa shape index (κ1) is 13.2. The molecule has 1 heterocycles. The van der Waals surface area contributed by atoms with Crippen molar-refractivity contribution in [1.82, 2.24) is 9.88 Å². The summed E-state index contributed by atoms with van der Waals surface area (Å²) in [6.07, 6.45) is 7.67. The van der Waals surface area contributed by atoms with E-state index in [0.717, 1.165) is 24.8 Å². The van der Waals surface area contributed by atoms with Crippen molar-refractivity contribution < 1.29 is 4.79 Å². The van der Waals surface area contributed by atoms with E-state index in [1.807, 2.05) is 26.2 Å². The van der Waals surface area contributed by atoms with Gasteiger partial charge in [-0.1, -0.05) is 19.8 Å². The van der Waals surface area contributed by atoms with E-state index in [4.69, 9.17) is 0 Å². The summed E-state index contributed by atoms with van der Waals surface area (Å²) in [4.78, 5) is 19.0. The fraction of sp³-hybridized carbons (Fsp3) is 0.600. The van der Waals surface area contributed by atoms with Gasteiger partial charge in [0.25, 0.3) is 0 Å². The summed E-state index contributed by atoms with van der Waals surface area (Å²) < 4.78 is 0. The Morgan fingerprint density at radius 2 is 2.28 bits per heavy atom. The topological polar surface area (TPSA) is 33.2 Å². The molecule has 0 aromatic carbocycles. The highest BCUT2D eigenvalue weighted by atomic mass is 16.1. The molecule has 1 aromatic rings. The average molecular weight is 246 g/mol. The second-order valence-electron chi connectivity index (χ2n) is 5.70. The summed E-state index contributed by atoms with van der Waals surface area (Å²) in [5.74, 6) is 0.842. The fourth-order valence-corrected chi connectivity index (χ4v) is 3.10. The molecule has 18 heavy (non-hydrogen) atoms. The minimum Gasteiger partial charge on any atom is -0.297 e. The lowest BCUT2D eigenvalue weighted by atomic mass is 9.72. The molecule has 0 bridgehead atoms. The lowest BCUT2D eigenvalue weighted by Crippen LogP contribution is -2.53. The van der Waals surface area contributed by atoms with Crippen LogP contribution in [0.4, 0.5) is 0 Å². The fourth-order valence-electron chi connectivity index (χ4n) is 3.10. The van der Waals surface area contributed by atoms with Gasteiger partial charge in [0, 0.05) is 18.0 Å². The van der Waals surface area contributed by atoms with Gasteiger partial charge in [-0.15, -0.1) is 0 Å².